The largest absolute Gasteiger partial charge is 0.409 e. The Morgan fingerprint density at radius 3 is 2.35 bits per heavy atom. The van der Waals surface area contributed by atoms with Crippen LogP contribution >= 0.6 is 0 Å². The molecule has 1 heterocycles. The van der Waals surface area contributed by atoms with Crippen LogP contribution in [0.25, 0.3) is 0 Å². The molecule has 2 nitrogen and oxygen atoms in total. The van der Waals surface area contributed by atoms with Gasteiger partial charge < -0.3 is 4.90 Å². The Morgan fingerprint density at radius 2 is 1.88 bits per heavy atom. The molecule has 0 aromatic rings. The molecule has 1 saturated heterocycles. The molecule has 0 saturated carbocycles. The van der Waals surface area contributed by atoms with Crippen LogP contribution < -0.4 is 0 Å². The Hall–Kier alpha value is -1.00. The van der Waals surface area contributed by atoms with E-state index in [9.17, 15) is 18.0 Å². The van der Waals surface area contributed by atoms with E-state index < -0.39 is 17.6 Å². The van der Waals surface area contributed by atoms with Crippen LogP contribution in [0.1, 0.15) is 33.6 Å². The van der Waals surface area contributed by atoms with Crippen molar-refractivity contribution >= 4 is 5.91 Å². The highest BCUT2D eigenvalue weighted by Crippen LogP contribution is 2.27. The quantitative estimate of drug-likeness (QED) is 0.654. The second-order valence-electron chi connectivity index (χ2n) is 5.36. The minimum atomic E-state index is -4.31. The number of carbonyl (C=O) groups is 1. The lowest BCUT2D eigenvalue weighted by Crippen LogP contribution is -2.41. The topological polar surface area (TPSA) is 20.3 Å². The Morgan fingerprint density at radius 1 is 1.29 bits per heavy atom. The Bertz CT molecular complexity index is 315. The van der Waals surface area contributed by atoms with Crippen molar-refractivity contribution in [1.29, 1.82) is 0 Å². The van der Waals surface area contributed by atoms with Gasteiger partial charge in [0.15, 0.2) is 0 Å². The smallest absolute Gasteiger partial charge is 0.336 e. The van der Waals surface area contributed by atoms with Crippen molar-refractivity contribution in [2.24, 2.45) is 5.41 Å². The molecule has 5 heteroatoms. The van der Waals surface area contributed by atoms with Gasteiger partial charge in [0.05, 0.1) is 6.04 Å². The highest BCUT2D eigenvalue weighted by molar-refractivity contribution is 5.82. The number of carbonyl (C=O) groups excluding carboxylic acids is 1. The summed E-state index contributed by atoms with van der Waals surface area (Å²) in [6, 6.07) is -0.414. The molecule has 0 N–H and O–H groups in total. The molecule has 98 valence electrons. The van der Waals surface area contributed by atoms with Crippen molar-refractivity contribution in [3.8, 4) is 0 Å². The molecule has 0 bridgehead atoms. The molecule has 0 aromatic heterocycles. The van der Waals surface area contributed by atoms with Crippen LogP contribution in [0.5, 0.6) is 0 Å². The van der Waals surface area contributed by atoms with Crippen LogP contribution in [0.4, 0.5) is 13.2 Å². The molecule has 0 aromatic carbocycles. The Kier molecular flexibility index (Phi) is 3.89. The third-order valence-corrected chi connectivity index (χ3v) is 2.71. The molecule has 1 rings (SSSR count). The lowest BCUT2D eigenvalue weighted by molar-refractivity contribution is -0.139. The lowest BCUT2D eigenvalue weighted by atomic mass is 9.94. The molecular weight excluding hydrogens is 231 g/mol. The molecule has 0 spiro atoms. The Labute approximate surface area is 99.5 Å². The predicted molar refractivity (Wildman–Crippen MR) is 59.4 cm³/mol. The first-order valence-electron chi connectivity index (χ1n) is 5.68. The van der Waals surface area contributed by atoms with E-state index in [2.05, 4.69) is 0 Å². The van der Waals surface area contributed by atoms with E-state index in [1.54, 1.807) is 25.7 Å². The number of likely N-dealkylation sites (tertiary alicyclic amines) is 1. The molecule has 17 heavy (non-hydrogen) atoms. The second-order valence-corrected chi connectivity index (χ2v) is 5.36. The number of hydrogen-bond acceptors (Lipinski definition) is 1. The molecule has 0 aliphatic carbocycles. The third kappa shape index (κ3) is 4.06. The number of allylic oxidation sites excluding steroid dienone is 1. The van der Waals surface area contributed by atoms with E-state index in [1.165, 1.54) is 0 Å². The zero-order chi connectivity index (χ0) is 13.3. The van der Waals surface area contributed by atoms with Crippen molar-refractivity contribution in [2.45, 2.75) is 45.8 Å². The molecule has 0 unspecified atom stereocenters. The summed E-state index contributed by atoms with van der Waals surface area (Å²) in [5.74, 6) is -0.0909. The van der Waals surface area contributed by atoms with E-state index in [0.29, 0.717) is 13.0 Å². The van der Waals surface area contributed by atoms with Gasteiger partial charge in [-0.25, -0.2) is 0 Å². The van der Waals surface area contributed by atoms with E-state index in [-0.39, 0.29) is 12.0 Å². The molecule has 1 aliphatic heterocycles. The summed E-state index contributed by atoms with van der Waals surface area (Å²) < 4.78 is 36.2. The van der Waals surface area contributed by atoms with Gasteiger partial charge in [-0.3, -0.25) is 4.79 Å². The summed E-state index contributed by atoms with van der Waals surface area (Å²) in [5, 5.41) is 0. The zero-order valence-electron chi connectivity index (χ0n) is 10.3. The van der Waals surface area contributed by atoms with Crippen LogP contribution in [0.2, 0.25) is 0 Å². The highest BCUT2D eigenvalue weighted by Gasteiger charge is 2.34. The number of amides is 1. The van der Waals surface area contributed by atoms with E-state index in [0.717, 1.165) is 12.5 Å². The average molecular weight is 249 g/mol. The van der Waals surface area contributed by atoms with Crippen molar-refractivity contribution in [1.82, 2.24) is 4.90 Å². The Balaban J connectivity index is 2.74. The molecule has 0 radical (unpaired) electrons. The van der Waals surface area contributed by atoms with Gasteiger partial charge in [0.2, 0.25) is 5.91 Å². The van der Waals surface area contributed by atoms with Gasteiger partial charge in [-0.2, -0.15) is 13.2 Å². The maximum absolute atomic E-state index is 12.1. The summed E-state index contributed by atoms with van der Waals surface area (Å²) in [6.07, 6.45) is -1.62. The predicted octanol–water partition coefficient (Wildman–Crippen LogP) is 3.14. The maximum Gasteiger partial charge on any atom is 0.409 e. The van der Waals surface area contributed by atoms with Crippen molar-refractivity contribution in [3.05, 3.63) is 12.2 Å². The summed E-state index contributed by atoms with van der Waals surface area (Å²) in [5.41, 5.74) is -0.547. The standard InChI is InChI=1S/C12H18F3NO/c1-11(2,3)10(17)16-8-4-5-9(16)6-7-12(13,14)15/h6-7,9H,4-5,8H2,1-3H3/b7-6+/t9-/m0/s1. The van der Waals surface area contributed by atoms with Gasteiger partial charge in [0, 0.05) is 18.0 Å². The van der Waals surface area contributed by atoms with Gasteiger partial charge >= 0.3 is 6.18 Å². The summed E-state index contributed by atoms with van der Waals surface area (Å²) >= 11 is 0. The normalized spacial score (nSPS) is 22.5. The van der Waals surface area contributed by atoms with Gasteiger partial charge in [0.25, 0.3) is 0 Å². The lowest BCUT2D eigenvalue weighted by Gasteiger charge is -2.29. The van der Waals surface area contributed by atoms with Gasteiger partial charge in [-0.1, -0.05) is 26.8 Å². The first kappa shape index (κ1) is 14.1. The van der Waals surface area contributed by atoms with Crippen molar-refractivity contribution in [2.75, 3.05) is 6.54 Å². The molecule has 1 fully saturated rings. The number of halogens is 3. The SMILES string of the molecule is CC(C)(C)C(=O)N1CCC[C@H]1/C=C/C(F)(F)F. The van der Waals surface area contributed by atoms with Crippen molar-refractivity contribution < 1.29 is 18.0 Å². The van der Waals surface area contributed by atoms with E-state index in [4.69, 9.17) is 0 Å². The minimum absolute atomic E-state index is 0.0909. The van der Waals surface area contributed by atoms with Gasteiger partial charge in [-0.05, 0) is 12.8 Å². The molecular formula is C12H18F3NO. The first-order valence-corrected chi connectivity index (χ1v) is 5.68. The third-order valence-electron chi connectivity index (χ3n) is 2.71. The zero-order valence-corrected chi connectivity index (χ0v) is 10.3. The van der Waals surface area contributed by atoms with Crippen LogP contribution in [0, 0.1) is 5.41 Å². The molecule has 1 amide bonds. The fourth-order valence-electron chi connectivity index (χ4n) is 1.90. The number of alkyl halides is 3. The number of hydrogen-bond donors (Lipinski definition) is 0. The van der Waals surface area contributed by atoms with Crippen LogP contribution in [-0.4, -0.2) is 29.6 Å². The van der Waals surface area contributed by atoms with Gasteiger partial charge in [-0.15, -0.1) is 0 Å². The average Bonchev–Trinajstić information content (AvgIpc) is 2.58. The van der Waals surface area contributed by atoms with Crippen molar-refractivity contribution in [3.63, 3.8) is 0 Å². The second kappa shape index (κ2) is 4.70. The van der Waals surface area contributed by atoms with Crippen LogP contribution in [-0.2, 0) is 4.79 Å². The highest BCUT2D eigenvalue weighted by atomic mass is 19.4. The fraction of sp³-hybridized carbons (Fsp3) is 0.750. The number of rotatable bonds is 1. The van der Waals surface area contributed by atoms with E-state index in [1.807, 2.05) is 0 Å². The maximum atomic E-state index is 12.1. The summed E-state index contributed by atoms with van der Waals surface area (Å²) in [6.45, 7) is 5.87. The summed E-state index contributed by atoms with van der Waals surface area (Å²) in [4.78, 5) is 13.6. The molecule has 1 atom stereocenters. The number of nitrogens with zero attached hydrogens (tertiary/aromatic N) is 1. The van der Waals surface area contributed by atoms with E-state index >= 15 is 0 Å². The van der Waals surface area contributed by atoms with Crippen LogP contribution in [0.15, 0.2) is 12.2 Å². The fourth-order valence-corrected chi connectivity index (χ4v) is 1.90. The molecule has 1 aliphatic rings. The van der Waals surface area contributed by atoms with Gasteiger partial charge in [0.1, 0.15) is 0 Å². The minimum Gasteiger partial charge on any atom is -0.336 e. The monoisotopic (exact) mass is 249 g/mol. The summed E-state index contributed by atoms with van der Waals surface area (Å²) in [7, 11) is 0. The van der Waals surface area contributed by atoms with Crippen LogP contribution in [0.3, 0.4) is 0 Å². The first-order chi connectivity index (χ1) is 7.61.